The van der Waals surface area contributed by atoms with Gasteiger partial charge >= 0.3 is 0 Å². The fourth-order valence-electron chi connectivity index (χ4n) is 2.80. The van der Waals surface area contributed by atoms with Gasteiger partial charge in [0.25, 0.3) is 5.91 Å². The lowest BCUT2D eigenvalue weighted by molar-refractivity contribution is 0.102. The van der Waals surface area contributed by atoms with Gasteiger partial charge in [-0.05, 0) is 48.5 Å². The number of sulfone groups is 1. The van der Waals surface area contributed by atoms with Crippen molar-refractivity contribution in [3.8, 4) is 0 Å². The molecule has 8 heteroatoms. The molecule has 0 atom stereocenters. The van der Waals surface area contributed by atoms with Crippen LogP contribution in [0.15, 0.2) is 71.6 Å². The van der Waals surface area contributed by atoms with E-state index in [-0.39, 0.29) is 38.0 Å². The fourth-order valence-corrected chi connectivity index (χ4v) is 4.12. The number of rotatable bonds is 6. The average Bonchev–Trinajstić information content (AvgIpc) is 2.75. The number of halogens is 2. The van der Waals surface area contributed by atoms with Crippen molar-refractivity contribution in [3.63, 3.8) is 0 Å². The topological polar surface area (TPSA) is 80.3 Å². The lowest BCUT2D eigenvalue weighted by Gasteiger charge is -2.12. The van der Waals surface area contributed by atoms with Crippen molar-refractivity contribution in [1.29, 1.82) is 0 Å². The molecule has 0 aliphatic heterocycles. The van der Waals surface area contributed by atoms with Crippen molar-refractivity contribution in [3.05, 3.63) is 93.5 Å². The van der Waals surface area contributed by atoms with Gasteiger partial charge in [0.1, 0.15) is 0 Å². The predicted octanol–water partition coefficient (Wildman–Crippen LogP) is 5.27. The van der Waals surface area contributed by atoms with Crippen LogP contribution in [0.5, 0.6) is 0 Å². The van der Waals surface area contributed by atoms with E-state index in [1.54, 1.807) is 30.3 Å². The molecule has 3 aromatic rings. The Morgan fingerprint density at radius 2 is 1.63 bits per heavy atom. The van der Waals surface area contributed by atoms with Gasteiger partial charge < -0.3 is 5.32 Å². The molecule has 0 saturated heterocycles. The smallest absolute Gasteiger partial charge is 0.255 e. The molecule has 0 heterocycles. The summed E-state index contributed by atoms with van der Waals surface area (Å²) in [5.74, 6) is -1.04. The molecule has 5 nitrogen and oxygen atoms in total. The zero-order valence-electron chi connectivity index (χ0n) is 15.9. The minimum atomic E-state index is -3.46. The van der Waals surface area contributed by atoms with Crippen molar-refractivity contribution in [2.45, 2.75) is 11.8 Å². The number of anilines is 1. The van der Waals surface area contributed by atoms with E-state index in [1.807, 2.05) is 0 Å². The third-order valence-corrected chi connectivity index (χ3v) is 6.73. The van der Waals surface area contributed by atoms with E-state index in [0.29, 0.717) is 5.02 Å². The summed E-state index contributed by atoms with van der Waals surface area (Å²) >= 11 is 12.2. The van der Waals surface area contributed by atoms with Crippen molar-refractivity contribution in [1.82, 2.24) is 0 Å². The molecule has 0 saturated carbocycles. The van der Waals surface area contributed by atoms with Crippen LogP contribution in [0.3, 0.4) is 0 Å². The lowest BCUT2D eigenvalue weighted by atomic mass is 10.0. The minimum absolute atomic E-state index is 0.0566. The molecule has 1 amide bonds. The zero-order valence-corrected chi connectivity index (χ0v) is 18.2. The summed E-state index contributed by atoms with van der Waals surface area (Å²) in [5, 5.41) is 3.26. The highest BCUT2D eigenvalue weighted by Crippen LogP contribution is 2.27. The first-order valence-corrected chi connectivity index (χ1v) is 11.4. The first-order chi connectivity index (χ1) is 14.2. The van der Waals surface area contributed by atoms with Gasteiger partial charge in [0.15, 0.2) is 15.6 Å². The zero-order chi connectivity index (χ0) is 21.9. The van der Waals surface area contributed by atoms with Gasteiger partial charge in [-0.3, -0.25) is 9.59 Å². The highest BCUT2D eigenvalue weighted by molar-refractivity contribution is 7.91. The Kier molecular flexibility index (Phi) is 6.61. The molecule has 0 fully saturated rings. The summed E-state index contributed by atoms with van der Waals surface area (Å²) in [4.78, 5) is 25.8. The second-order valence-corrected chi connectivity index (χ2v) is 9.51. The van der Waals surface area contributed by atoms with Gasteiger partial charge in [0.2, 0.25) is 0 Å². The van der Waals surface area contributed by atoms with Crippen LogP contribution in [0.4, 0.5) is 5.69 Å². The highest BCUT2D eigenvalue weighted by atomic mass is 35.5. The predicted molar refractivity (Wildman–Crippen MR) is 118 cm³/mol. The summed E-state index contributed by atoms with van der Waals surface area (Å²) in [6, 6.07) is 16.8. The van der Waals surface area contributed by atoms with E-state index in [2.05, 4.69) is 5.32 Å². The molecule has 0 spiro atoms. The van der Waals surface area contributed by atoms with E-state index < -0.39 is 21.5 Å². The molecule has 0 unspecified atom stereocenters. The molecular weight excluding hydrogens is 445 g/mol. The van der Waals surface area contributed by atoms with E-state index in [9.17, 15) is 18.0 Å². The Morgan fingerprint density at radius 3 is 2.33 bits per heavy atom. The summed E-state index contributed by atoms with van der Waals surface area (Å²) in [6.45, 7) is 1.53. The van der Waals surface area contributed by atoms with Gasteiger partial charge in [0, 0.05) is 21.7 Å². The summed E-state index contributed by atoms with van der Waals surface area (Å²) in [6.07, 6.45) is 0. The maximum atomic E-state index is 13.0. The van der Waals surface area contributed by atoms with Gasteiger partial charge in [-0.2, -0.15) is 0 Å². The van der Waals surface area contributed by atoms with Crippen LogP contribution >= 0.6 is 23.2 Å². The maximum Gasteiger partial charge on any atom is 0.255 e. The Hall–Kier alpha value is -2.67. The molecular formula is C22H17Cl2NO4S. The molecule has 0 aromatic heterocycles. The number of ketones is 1. The number of carbonyl (C=O) groups is 2. The fraction of sp³-hybridized carbons (Fsp3) is 0.0909. The Balaban J connectivity index is 1.97. The molecule has 154 valence electrons. The van der Waals surface area contributed by atoms with Crippen LogP contribution in [0.2, 0.25) is 10.0 Å². The van der Waals surface area contributed by atoms with Crippen molar-refractivity contribution < 1.29 is 18.0 Å². The van der Waals surface area contributed by atoms with Crippen molar-refractivity contribution in [2.24, 2.45) is 0 Å². The SMILES string of the molecule is CCS(=O)(=O)c1cccc(C(=O)Nc2ccc(Cl)cc2C(=O)c2ccccc2Cl)c1. The summed E-state index contributed by atoms with van der Waals surface area (Å²) in [5.41, 5.74) is 0.822. The van der Waals surface area contributed by atoms with Crippen LogP contribution in [0.25, 0.3) is 0 Å². The third-order valence-electron chi connectivity index (χ3n) is 4.43. The number of hydrogen-bond donors (Lipinski definition) is 1. The molecule has 3 rings (SSSR count). The highest BCUT2D eigenvalue weighted by Gasteiger charge is 2.20. The first kappa shape index (κ1) is 22.0. The first-order valence-electron chi connectivity index (χ1n) is 8.96. The number of hydrogen-bond acceptors (Lipinski definition) is 4. The minimum Gasteiger partial charge on any atom is -0.321 e. The van der Waals surface area contributed by atoms with E-state index in [0.717, 1.165) is 0 Å². The maximum absolute atomic E-state index is 13.0. The monoisotopic (exact) mass is 461 g/mol. The number of nitrogens with one attached hydrogen (secondary N) is 1. The summed E-state index contributed by atoms with van der Waals surface area (Å²) in [7, 11) is -3.46. The Morgan fingerprint density at radius 1 is 0.900 bits per heavy atom. The van der Waals surface area contributed by atoms with Crippen LogP contribution in [-0.4, -0.2) is 25.9 Å². The molecule has 0 bridgehead atoms. The Labute approximate surface area is 184 Å². The second-order valence-electron chi connectivity index (χ2n) is 6.38. The van der Waals surface area contributed by atoms with Crippen LogP contribution < -0.4 is 5.32 Å². The number of carbonyl (C=O) groups excluding carboxylic acids is 2. The van der Waals surface area contributed by atoms with Crippen LogP contribution in [-0.2, 0) is 9.84 Å². The van der Waals surface area contributed by atoms with Gasteiger partial charge in [-0.25, -0.2) is 8.42 Å². The second kappa shape index (κ2) is 9.00. The van der Waals surface area contributed by atoms with Crippen molar-refractivity contribution in [2.75, 3.05) is 11.1 Å². The quantitative estimate of drug-likeness (QED) is 0.506. The van der Waals surface area contributed by atoms with Gasteiger partial charge in [0.05, 0.1) is 21.4 Å². The van der Waals surface area contributed by atoms with Crippen molar-refractivity contribution >= 4 is 50.4 Å². The molecule has 0 aliphatic rings. The molecule has 0 aliphatic carbocycles. The number of benzene rings is 3. The van der Waals surface area contributed by atoms with E-state index in [1.165, 1.54) is 43.3 Å². The van der Waals surface area contributed by atoms with E-state index in [4.69, 9.17) is 23.2 Å². The third kappa shape index (κ3) is 4.73. The summed E-state index contributed by atoms with van der Waals surface area (Å²) < 4.78 is 24.2. The normalized spacial score (nSPS) is 11.2. The lowest BCUT2D eigenvalue weighted by Crippen LogP contribution is -2.16. The number of amides is 1. The van der Waals surface area contributed by atoms with Gasteiger partial charge in [-0.1, -0.05) is 48.3 Å². The Bertz CT molecular complexity index is 1240. The van der Waals surface area contributed by atoms with Crippen LogP contribution in [0.1, 0.15) is 33.2 Å². The van der Waals surface area contributed by atoms with Gasteiger partial charge in [-0.15, -0.1) is 0 Å². The van der Waals surface area contributed by atoms with E-state index >= 15 is 0 Å². The largest absolute Gasteiger partial charge is 0.321 e. The molecule has 1 N–H and O–H groups in total. The standard InChI is InChI=1S/C22H17Cl2NO4S/c1-2-30(28,29)16-7-5-6-14(12-16)22(27)25-20-11-10-15(23)13-18(20)21(26)17-8-3-4-9-19(17)24/h3-13H,2H2,1H3,(H,25,27). The molecule has 3 aromatic carbocycles. The molecule has 30 heavy (non-hydrogen) atoms. The average molecular weight is 462 g/mol. The molecule has 0 radical (unpaired) electrons. The van der Waals surface area contributed by atoms with Crippen LogP contribution in [0, 0.1) is 0 Å².